The van der Waals surface area contributed by atoms with E-state index >= 15 is 0 Å². The summed E-state index contributed by atoms with van der Waals surface area (Å²) in [6.07, 6.45) is 5.76. The van der Waals surface area contributed by atoms with E-state index in [2.05, 4.69) is 31.6 Å². The topological polar surface area (TPSA) is 21.6 Å². The molecule has 0 bridgehead atoms. The van der Waals surface area contributed by atoms with Crippen LogP contribution in [0.5, 0.6) is 0 Å². The van der Waals surface area contributed by atoms with Crippen molar-refractivity contribution in [1.29, 1.82) is 0 Å². The van der Waals surface area contributed by atoms with Crippen molar-refractivity contribution in [3.63, 3.8) is 0 Å². The van der Waals surface area contributed by atoms with Crippen molar-refractivity contribution in [1.82, 2.24) is 0 Å². The van der Waals surface area contributed by atoms with Crippen molar-refractivity contribution in [2.75, 3.05) is 0 Å². The maximum atomic E-state index is 5.14. The Bertz CT molecular complexity index is 135. The van der Waals surface area contributed by atoms with Gasteiger partial charge in [0.1, 0.15) is 0 Å². The fraction of sp³-hybridized carbons (Fsp3) is 0.625. The van der Waals surface area contributed by atoms with Gasteiger partial charge < -0.3 is 4.84 Å². The van der Waals surface area contributed by atoms with E-state index in [9.17, 15) is 0 Å². The highest BCUT2D eigenvalue weighted by Gasteiger charge is 2.06. The summed E-state index contributed by atoms with van der Waals surface area (Å²) in [6.45, 7) is 7.35. The fourth-order valence-electron chi connectivity index (χ4n) is 0.660. The van der Waals surface area contributed by atoms with Gasteiger partial charge in [-0.1, -0.05) is 19.8 Å². The lowest BCUT2D eigenvalue weighted by Crippen LogP contribution is -2.09. The van der Waals surface area contributed by atoms with Crippen molar-refractivity contribution in [2.45, 2.75) is 26.4 Å². The smallest absolute Gasteiger partial charge is 0.187 e. The molecule has 0 aliphatic rings. The Hall–Kier alpha value is -0.970. The minimum absolute atomic E-state index is 0.211. The number of terminal acetylenes is 1. The molecule has 2 heteroatoms. The summed E-state index contributed by atoms with van der Waals surface area (Å²) in [6, 6.07) is 0. The molecular formula is C8H13NO. The van der Waals surface area contributed by atoms with E-state index in [0.29, 0.717) is 5.92 Å². The second-order valence-electron chi connectivity index (χ2n) is 2.52. The third kappa shape index (κ3) is 3.96. The van der Waals surface area contributed by atoms with Crippen molar-refractivity contribution in [3.8, 4) is 12.3 Å². The summed E-state index contributed by atoms with van der Waals surface area (Å²) in [4.78, 5) is 4.78. The summed E-state index contributed by atoms with van der Waals surface area (Å²) in [5.41, 5.74) is 0. The minimum atomic E-state index is -0.211. The molecule has 0 heterocycles. The highest BCUT2D eigenvalue weighted by molar-refractivity contribution is 5.21. The van der Waals surface area contributed by atoms with Gasteiger partial charge in [0.25, 0.3) is 0 Å². The molecule has 2 nitrogen and oxygen atoms in total. The normalized spacial score (nSPS) is 12.2. The van der Waals surface area contributed by atoms with Gasteiger partial charge >= 0.3 is 0 Å². The van der Waals surface area contributed by atoms with Crippen LogP contribution in [-0.4, -0.2) is 12.8 Å². The zero-order chi connectivity index (χ0) is 7.98. The molecule has 0 saturated heterocycles. The van der Waals surface area contributed by atoms with Crippen LogP contribution in [0.2, 0.25) is 0 Å². The monoisotopic (exact) mass is 139 g/mol. The lowest BCUT2D eigenvalue weighted by Gasteiger charge is -2.09. The van der Waals surface area contributed by atoms with Gasteiger partial charge in [0.05, 0.1) is 0 Å². The zero-order valence-corrected chi connectivity index (χ0v) is 6.50. The summed E-state index contributed by atoms with van der Waals surface area (Å²) < 4.78 is 0. The van der Waals surface area contributed by atoms with E-state index in [1.165, 1.54) is 0 Å². The molecule has 1 unspecified atom stereocenters. The van der Waals surface area contributed by atoms with E-state index in [-0.39, 0.29) is 6.10 Å². The molecule has 10 heavy (non-hydrogen) atoms. The highest BCUT2D eigenvalue weighted by atomic mass is 16.6. The van der Waals surface area contributed by atoms with Crippen LogP contribution in [0.25, 0.3) is 0 Å². The molecule has 0 N–H and O–H groups in total. The van der Waals surface area contributed by atoms with Crippen molar-refractivity contribution in [3.05, 3.63) is 0 Å². The van der Waals surface area contributed by atoms with Crippen LogP contribution < -0.4 is 0 Å². The molecule has 0 rings (SSSR count). The van der Waals surface area contributed by atoms with Crippen molar-refractivity contribution < 1.29 is 4.84 Å². The molecule has 0 aliphatic heterocycles. The van der Waals surface area contributed by atoms with E-state index in [0.717, 1.165) is 6.42 Å². The second kappa shape index (κ2) is 4.87. The Labute approximate surface area is 62.3 Å². The molecular weight excluding hydrogens is 126 g/mol. The van der Waals surface area contributed by atoms with Gasteiger partial charge in [0.2, 0.25) is 0 Å². The molecule has 0 aliphatic carbocycles. The van der Waals surface area contributed by atoms with Crippen LogP contribution in [-0.2, 0) is 4.84 Å². The van der Waals surface area contributed by atoms with Gasteiger partial charge in [-0.25, -0.2) is 0 Å². The van der Waals surface area contributed by atoms with Gasteiger partial charge in [0, 0.05) is 13.1 Å². The van der Waals surface area contributed by atoms with Crippen LogP contribution in [0.1, 0.15) is 20.3 Å². The van der Waals surface area contributed by atoms with E-state index < -0.39 is 0 Å². The molecule has 0 spiro atoms. The first-order chi connectivity index (χ1) is 4.70. The first kappa shape index (κ1) is 9.03. The van der Waals surface area contributed by atoms with Gasteiger partial charge in [0.15, 0.2) is 6.10 Å². The zero-order valence-electron chi connectivity index (χ0n) is 6.50. The molecule has 0 aromatic carbocycles. The summed E-state index contributed by atoms with van der Waals surface area (Å²) >= 11 is 0. The fourth-order valence-corrected chi connectivity index (χ4v) is 0.660. The molecule has 0 radical (unpaired) electrons. The van der Waals surface area contributed by atoms with Gasteiger partial charge in [-0.15, -0.1) is 11.6 Å². The van der Waals surface area contributed by atoms with Crippen LogP contribution in [0.4, 0.5) is 0 Å². The van der Waals surface area contributed by atoms with Gasteiger partial charge in [-0.3, -0.25) is 0 Å². The maximum absolute atomic E-state index is 5.14. The van der Waals surface area contributed by atoms with Crippen molar-refractivity contribution in [2.24, 2.45) is 11.1 Å². The third-order valence-corrected chi connectivity index (χ3v) is 1.07. The maximum Gasteiger partial charge on any atom is 0.187 e. The number of hydrogen-bond acceptors (Lipinski definition) is 2. The Morgan fingerprint density at radius 2 is 2.30 bits per heavy atom. The minimum Gasteiger partial charge on any atom is -0.380 e. The quantitative estimate of drug-likeness (QED) is 0.330. The molecule has 0 fully saturated rings. The molecule has 0 aromatic rings. The number of nitrogens with zero attached hydrogens (tertiary/aromatic N) is 1. The molecule has 1 atom stereocenters. The number of rotatable bonds is 4. The Balaban J connectivity index is 3.62. The highest BCUT2D eigenvalue weighted by Crippen LogP contribution is 2.06. The summed E-state index contributed by atoms with van der Waals surface area (Å²) in [5, 5.41) is 3.27. The number of oxime groups is 1. The summed E-state index contributed by atoms with van der Waals surface area (Å²) in [5.74, 6) is 3.01. The molecule has 0 saturated carbocycles. The van der Waals surface area contributed by atoms with Crippen LogP contribution >= 0.6 is 0 Å². The van der Waals surface area contributed by atoms with E-state index in [1.807, 2.05) is 0 Å². The Kier molecular flexibility index (Phi) is 4.39. The lowest BCUT2D eigenvalue weighted by atomic mass is 10.1. The standard InChI is InChI=1S/C8H13NO/c1-5-8(10-9-4)6-7(2)3/h1,7-8H,4,6H2,2-3H3. The van der Waals surface area contributed by atoms with Crippen molar-refractivity contribution >= 4 is 6.72 Å². The Morgan fingerprint density at radius 3 is 2.60 bits per heavy atom. The first-order valence-corrected chi connectivity index (χ1v) is 3.28. The third-order valence-electron chi connectivity index (χ3n) is 1.07. The molecule has 0 aromatic heterocycles. The average Bonchev–Trinajstić information content (AvgIpc) is 1.86. The van der Waals surface area contributed by atoms with Crippen LogP contribution in [0.3, 0.4) is 0 Å². The molecule has 0 amide bonds. The predicted octanol–water partition coefficient (Wildman–Crippen LogP) is 1.67. The summed E-state index contributed by atoms with van der Waals surface area (Å²) in [7, 11) is 0. The number of hydrogen-bond donors (Lipinski definition) is 0. The van der Waals surface area contributed by atoms with Crippen LogP contribution in [0.15, 0.2) is 5.16 Å². The molecule has 56 valence electrons. The van der Waals surface area contributed by atoms with Crippen LogP contribution in [0, 0.1) is 18.3 Å². The van der Waals surface area contributed by atoms with Gasteiger partial charge in [-0.2, -0.15) is 0 Å². The SMILES string of the molecule is C#CC(CC(C)C)ON=C. The largest absolute Gasteiger partial charge is 0.380 e. The predicted molar refractivity (Wildman–Crippen MR) is 42.7 cm³/mol. The van der Waals surface area contributed by atoms with E-state index in [1.54, 1.807) is 0 Å². The Morgan fingerprint density at radius 1 is 1.70 bits per heavy atom. The average molecular weight is 139 g/mol. The van der Waals surface area contributed by atoms with Gasteiger partial charge in [-0.05, 0) is 5.92 Å². The lowest BCUT2D eigenvalue weighted by molar-refractivity contribution is 0.0864. The first-order valence-electron chi connectivity index (χ1n) is 3.28. The second-order valence-corrected chi connectivity index (χ2v) is 2.52. The van der Waals surface area contributed by atoms with E-state index in [4.69, 9.17) is 11.3 Å².